The maximum Gasteiger partial charge on any atom is 0.309 e. The lowest BCUT2D eigenvalue weighted by Crippen LogP contribution is -2.19. The molecule has 0 aliphatic carbocycles. The standard InChI is InChI=1S/C15H10ClN3O3S/c16-13-11(5-4-9-3-1-2-6-17-9)18-15-19(14(13)22)10(8-23-15)7-12(20)21/h1-6,8H,7H2,(H,20,21). The van der Waals surface area contributed by atoms with Gasteiger partial charge in [0.1, 0.15) is 5.02 Å². The number of nitrogens with zero attached hydrogens (tertiary/aromatic N) is 3. The van der Waals surface area contributed by atoms with Crippen LogP contribution in [0.5, 0.6) is 0 Å². The highest BCUT2D eigenvalue weighted by atomic mass is 35.5. The first-order valence-electron chi connectivity index (χ1n) is 6.56. The van der Waals surface area contributed by atoms with Crippen LogP contribution in [-0.4, -0.2) is 25.4 Å². The molecule has 3 aromatic heterocycles. The van der Waals surface area contributed by atoms with Gasteiger partial charge in [-0.1, -0.05) is 17.7 Å². The van der Waals surface area contributed by atoms with Crippen molar-refractivity contribution in [3.8, 4) is 0 Å². The Hall–Kier alpha value is -2.51. The fourth-order valence-electron chi connectivity index (χ4n) is 2.03. The van der Waals surface area contributed by atoms with Crippen LogP contribution in [0.25, 0.3) is 17.1 Å². The number of rotatable bonds is 4. The van der Waals surface area contributed by atoms with Crippen LogP contribution in [0.2, 0.25) is 5.02 Å². The van der Waals surface area contributed by atoms with Gasteiger partial charge in [-0.2, -0.15) is 0 Å². The molecule has 23 heavy (non-hydrogen) atoms. The van der Waals surface area contributed by atoms with Gasteiger partial charge < -0.3 is 5.11 Å². The zero-order valence-corrected chi connectivity index (χ0v) is 13.2. The number of carboxylic acids is 1. The third kappa shape index (κ3) is 3.15. The molecule has 0 atom stereocenters. The lowest BCUT2D eigenvalue weighted by molar-refractivity contribution is -0.136. The Bertz CT molecular complexity index is 963. The molecular weight excluding hydrogens is 338 g/mol. The first-order chi connectivity index (χ1) is 11.1. The number of carboxylic acid groups (broad SMARTS) is 1. The normalized spacial score (nSPS) is 11.3. The molecule has 0 aliphatic rings. The molecule has 0 saturated carbocycles. The lowest BCUT2D eigenvalue weighted by Gasteiger charge is -2.02. The zero-order valence-electron chi connectivity index (χ0n) is 11.6. The number of aromatic nitrogens is 3. The van der Waals surface area contributed by atoms with E-state index >= 15 is 0 Å². The Kier molecular flexibility index (Phi) is 4.22. The molecule has 0 aliphatic heterocycles. The van der Waals surface area contributed by atoms with Crippen LogP contribution >= 0.6 is 22.9 Å². The van der Waals surface area contributed by atoms with Crippen LogP contribution in [0.3, 0.4) is 0 Å². The van der Waals surface area contributed by atoms with Gasteiger partial charge in [0, 0.05) is 17.3 Å². The highest BCUT2D eigenvalue weighted by Crippen LogP contribution is 2.19. The van der Waals surface area contributed by atoms with Crippen molar-refractivity contribution in [1.82, 2.24) is 14.4 Å². The van der Waals surface area contributed by atoms with E-state index in [9.17, 15) is 9.59 Å². The Morgan fingerprint density at radius 2 is 2.22 bits per heavy atom. The van der Waals surface area contributed by atoms with Gasteiger partial charge in [0.25, 0.3) is 5.56 Å². The van der Waals surface area contributed by atoms with E-state index in [1.54, 1.807) is 29.8 Å². The van der Waals surface area contributed by atoms with Gasteiger partial charge in [-0.05, 0) is 24.3 Å². The van der Waals surface area contributed by atoms with Crippen LogP contribution in [-0.2, 0) is 11.2 Å². The van der Waals surface area contributed by atoms with Gasteiger partial charge in [-0.15, -0.1) is 11.3 Å². The largest absolute Gasteiger partial charge is 0.481 e. The molecule has 8 heteroatoms. The molecule has 6 nitrogen and oxygen atoms in total. The topological polar surface area (TPSA) is 84.6 Å². The Morgan fingerprint density at radius 1 is 1.39 bits per heavy atom. The van der Waals surface area contributed by atoms with E-state index in [1.807, 2.05) is 12.1 Å². The van der Waals surface area contributed by atoms with E-state index in [2.05, 4.69) is 9.97 Å². The van der Waals surface area contributed by atoms with Crippen LogP contribution in [0.15, 0.2) is 34.6 Å². The van der Waals surface area contributed by atoms with Crippen molar-refractivity contribution in [2.45, 2.75) is 6.42 Å². The summed E-state index contributed by atoms with van der Waals surface area (Å²) in [6, 6.07) is 5.46. The fraction of sp³-hybridized carbons (Fsp3) is 0.0667. The second kappa shape index (κ2) is 6.31. The number of hydrogen-bond donors (Lipinski definition) is 1. The first-order valence-corrected chi connectivity index (χ1v) is 7.81. The van der Waals surface area contributed by atoms with E-state index in [0.717, 1.165) is 0 Å². The summed E-state index contributed by atoms with van der Waals surface area (Å²) in [6.07, 6.45) is 4.71. The number of pyridine rings is 1. The molecule has 116 valence electrons. The number of hydrogen-bond acceptors (Lipinski definition) is 5. The summed E-state index contributed by atoms with van der Waals surface area (Å²) in [6.45, 7) is 0. The zero-order chi connectivity index (χ0) is 16.4. The summed E-state index contributed by atoms with van der Waals surface area (Å²) in [5.74, 6) is -1.02. The van der Waals surface area contributed by atoms with Crippen LogP contribution in [0, 0.1) is 0 Å². The average Bonchev–Trinajstić information content (AvgIpc) is 2.92. The van der Waals surface area contributed by atoms with Gasteiger partial charge in [0.2, 0.25) is 0 Å². The van der Waals surface area contributed by atoms with Crippen molar-refractivity contribution in [1.29, 1.82) is 0 Å². The van der Waals surface area contributed by atoms with Gasteiger partial charge in [0.05, 0.1) is 17.8 Å². The minimum atomic E-state index is -1.02. The summed E-state index contributed by atoms with van der Waals surface area (Å²) < 4.78 is 1.24. The van der Waals surface area contributed by atoms with Crippen molar-refractivity contribution in [2.24, 2.45) is 0 Å². The molecule has 0 saturated heterocycles. The highest BCUT2D eigenvalue weighted by molar-refractivity contribution is 7.15. The fourth-order valence-corrected chi connectivity index (χ4v) is 3.10. The number of aliphatic carboxylic acids is 1. The third-order valence-corrected chi connectivity index (χ3v) is 4.27. The third-order valence-electron chi connectivity index (χ3n) is 3.04. The molecule has 3 heterocycles. The first kappa shape index (κ1) is 15.4. The lowest BCUT2D eigenvalue weighted by atomic mass is 10.3. The quantitative estimate of drug-likeness (QED) is 0.784. The second-order valence-corrected chi connectivity index (χ2v) is 5.83. The molecule has 0 spiro atoms. The predicted octanol–water partition coefficient (Wildman–Crippen LogP) is 2.60. The van der Waals surface area contributed by atoms with Gasteiger partial charge in [0.15, 0.2) is 4.96 Å². The molecule has 0 amide bonds. The minimum Gasteiger partial charge on any atom is -0.481 e. The predicted molar refractivity (Wildman–Crippen MR) is 88.9 cm³/mol. The van der Waals surface area contributed by atoms with Gasteiger partial charge in [-0.3, -0.25) is 19.0 Å². The smallest absolute Gasteiger partial charge is 0.309 e. The summed E-state index contributed by atoms with van der Waals surface area (Å²) in [5, 5.41) is 10.4. The molecule has 1 N–H and O–H groups in total. The van der Waals surface area contributed by atoms with Gasteiger partial charge >= 0.3 is 5.97 Å². The van der Waals surface area contributed by atoms with E-state index in [-0.39, 0.29) is 11.4 Å². The van der Waals surface area contributed by atoms with Crippen molar-refractivity contribution in [3.63, 3.8) is 0 Å². The summed E-state index contributed by atoms with van der Waals surface area (Å²) in [4.78, 5) is 32.1. The number of halogens is 1. The number of fused-ring (bicyclic) bond motifs is 1. The van der Waals surface area contributed by atoms with Crippen LogP contribution < -0.4 is 5.56 Å². The highest BCUT2D eigenvalue weighted by Gasteiger charge is 2.15. The Morgan fingerprint density at radius 3 is 2.91 bits per heavy atom. The maximum atomic E-state index is 12.4. The molecule has 0 aromatic carbocycles. The summed E-state index contributed by atoms with van der Waals surface area (Å²) in [7, 11) is 0. The summed E-state index contributed by atoms with van der Waals surface area (Å²) >= 11 is 7.29. The van der Waals surface area contributed by atoms with Crippen molar-refractivity contribution < 1.29 is 9.90 Å². The van der Waals surface area contributed by atoms with E-state index < -0.39 is 11.5 Å². The number of carbonyl (C=O) groups is 1. The van der Waals surface area contributed by atoms with E-state index in [1.165, 1.54) is 15.7 Å². The Balaban J connectivity index is 2.07. The molecule has 0 radical (unpaired) electrons. The van der Waals surface area contributed by atoms with Crippen molar-refractivity contribution >= 4 is 46.0 Å². The molecule has 0 fully saturated rings. The Labute approximate surface area is 139 Å². The maximum absolute atomic E-state index is 12.4. The van der Waals surface area contributed by atoms with Crippen LogP contribution in [0.4, 0.5) is 0 Å². The molecule has 3 aromatic rings. The van der Waals surface area contributed by atoms with E-state index in [4.69, 9.17) is 16.7 Å². The van der Waals surface area contributed by atoms with E-state index in [0.29, 0.717) is 22.0 Å². The van der Waals surface area contributed by atoms with Crippen molar-refractivity contribution in [3.05, 3.63) is 62.2 Å². The summed E-state index contributed by atoms with van der Waals surface area (Å²) in [5.41, 5.74) is 0.918. The monoisotopic (exact) mass is 347 g/mol. The molecule has 0 bridgehead atoms. The van der Waals surface area contributed by atoms with Gasteiger partial charge in [-0.25, -0.2) is 4.98 Å². The molecule has 0 unspecified atom stereocenters. The molecular formula is C15H10ClN3O3S. The molecule has 3 rings (SSSR count). The second-order valence-electron chi connectivity index (χ2n) is 4.62. The minimum absolute atomic E-state index is 0.0558. The van der Waals surface area contributed by atoms with Crippen LogP contribution in [0.1, 0.15) is 17.1 Å². The number of thiazole rings is 1. The SMILES string of the molecule is O=C(O)Cc1csc2nc(C=Cc3ccccn3)c(Cl)c(=O)n12. The van der Waals surface area contributed by atoms with Crippen molar-refractivity contribution in [2.75, 3.05) is 0 Å². The average molecular weight is 348 g/mol.